The first-order chi connectivity index (χ1) is 9.39. The zero-order valence-corrected chi connectivity index (χ0v) is 13.5. The van der Waals surface area contributed by atoms with Gasteiger partial charge in [-0.05, 0) is 45.1 Å². The van der Waals surface area contributed by atoms with E-state index in [9.17, 15) is 5.11 Å². The van der Waals surface area contributed by atoms with E-state index >= 15 is 0 Å². The number of hydrogen-bond acceptors (Lipinski definition) is 4. The number of aliphatic hydroxyl groups is 1. The lowest BCUT2D eigenvalue weighted by atomic mass is 9.78. The van der Waals surface area contributed by atoms with E-state index in [1.54, 1.807) is 0 Å². The Morgan fingerprint density at radius 2 is 1.80 bits per heavy atom. The largest absolute Gasteiger partial charge is 0.389 e. The fourth-order valence-electron chi connectivity index (χ4n) is 3.94. The maximum absolute atomic E-state index is 9.93. The molecule has 1 saturated carbocycles. The van der Waals surface area contributed by atoms with Crippen LogP contribution in [0.25, 0.3) is 0 Å². The van der Waals surface area contributed by atoms with Crippen molar-refractivity contribution in [2.24, 2.45) is 17.6 Å². The SMILES string of the molecule is CC1CCC(CN)C(N2CCN(CC(C)(C)O)CC2)C1. The van der Waals surface area contributed by atoms with Crippen LogP contribution in [0.3, 0.4) is 0 Å². The van der Waals surface area contributed by atoms with E-state index < -0.39 is 5.60 Å². The molecule has 1 aliphatic carbocycles. The molecule has 2 rings (SSSR count). The van der Waals surface area contributed by atoms with Crippen LogP contribution in [0.15, 0.2) is 0 Å². The zero-order valence-electron chi connectivity index (χ0n) is 13.5. The smallest absolute Gasteiger partial charge is 0.0718 e. The van der Waals surface area contributed by atoms with Gasteiger partial charge < -0.3 is 10.8 Å². The Hall–Kier alpha value is -0.160. The van der Waals surface area contributed by atoms with Crippen molar-refractivity contribution in [2.45, 2.75) is 51.7 Å². The molecule has 2 fully saturated rings. The Kier molecular flexibility index (Phi) is 5.46. The number of β-amino-alcohol motifs (C(OH)–C–C–N with tert-alkyl or cyclic N) is 1. The third kappa shape index (κ3) is 4.42. The first-order valence-corrected chi connectivity index (χ1v) is 8.28. The predicted octanol–water partition coefficient (Wildman–Crippen LogP) is 1.14. The van der Waals surface area contributed by atoms with E-state index in [1.165, 1.54) is 19.3 Å². The van der Waals surface area contributed by atoms with Gasteiger partial charge in [-0.1, -0.05) is 13.3 Å². The predicted molar refractivity (Wildman–Crippen MR) is 83.7 cm³/mol. The summed E-state index contributed by atoms with van der Waals surface area (Å²) in [5.41, 5.74) is 5.40. The van der Waals surface area contributed by atoms with Gasteiger partial charge in [-0.15, -0.1) is 0 Å². The Morgan fingerprint density at radius 1 is 1.15 bits per heavy atom. The lowest BCUT2D eigenvalue weighted by molar-refractivity contribution is -0.00329. The first kappa shape index (κ1) is 16.2. The molecule has 0 radical (unpaired) electrons. The molecule has 4 nitrogen and oxygen atoms in total. The van der Waals surface area contributed by atoms with Crippen LogP contribution < -0.4 is 5.73 Å². The van der Waals surface area contributed by atoms with Gasteiger partial charge in [-0.25, -0.2) is 0 Å². The van der Waals surface area contributed by atoms with Gasteiger partial charge in [0.2, 0.25) is 0 Å². The van der Waals surface area contributed by atoms with Crippen molar-refractivity contribution < 1.29 is 5.11 Å². The van der Waals surface area contributed by atoms with Gasteiger partial charge in [-0.3, -0.25) is 9.80 Å². The maximum Gasteiger partial charge on any atom is 0.0718 e. The van der Waals surface area contributed by atoms with Gasteiger partial charge in [0.05, 0.1) is 5.60 Å². The highest BCUT2D eigenvalue weighted by Gasteiger charge is 2.34. The van der Waals surface area contributed by atoms with Crippen molar-refractivity contribution in [1.29, 1.82) is 0 Å². The van der Waals surface area contributed by atoms with Crippen molar-refractivity contribution in [2.75, 3.05) is 39.3 Å². The average Bonchev–Trinajstić information content (AvgIpc) is 2.38. The summed E-state index contributed by atoms with van der Waals surface area (Å²) >= 11 is 0. The van der Waals surface area contributed by atoms with E-state index in [0.717, 1.165) is 45.2 Å². The van der Waals surface area contributed by atoms with Gasteiger partial charge in [-0.2, -0.15) is 0 Å². The molecule has 0 spiro atoms. The van der Waals surface area contributed by atoms with Crippen LogP contribution in [-0.2, 0) is 0 Å². The Balaban J connectivity index is 1.85. The van der Waals surface area contributed by atoms with Crippen LogP contribution in [0.4, 0.5) is 0 Å². The van der Waals surface area contributed by atoms with E-state index in [2.05, 4.69) is 16.7 Å². The second-order valence-corrected chi connectivity index (χ2v) is 7.61. The molecule has 3 unspecified atom stereocenters. The van der Waals surface area contributed by atoms with Crippen molar-refractivity contribution in [3.63, 3.8) is 0 Å². The van der Waals surface area contributed by atoms with Crippen LogP contribution in [0.2, 0.25) is 0 Å². The van der Waals surface area contributed by atoms with E-state index in [1.807, 2.05) is 13.8 Å². The minimum atomic E-state index is -0.582. The molecular weight excluding hydrogens is 250 g/mol. The highest BCUT2D eigenvalue weighted by Crippen LogP contribution is 2.32. The molecule has 0 aromatic heterocycles. The van der Waals surface area contributed by atoms with Crippen LogP contribution in [0.5, 0.6) is 0 Å². The maximum atomic E-state index is 9.93. The molecular formula is C16H33N3O. The summed E-state index contributed by atoms with van der Waals surface area (Å²) in [6, 6.07) is 0.688. The number of rotatable bonds is 4. The Labute approximate surface area is 124 Å². The molecule has 0 aromatic carbocycles. The number of hydrogen-bond donors (Lipinski definition) is 2. The lowest BCUT2D eigenvalue weighted by Gasteiger charge is -2.46. The highest BCUT2D eigenvalue weighted by molar-refractivity contribution is 4.89. The third-order valence-electron chi connectivity index (χ3n) is 5.01. The standard InChI is InChI=1S/C16H33N3O/c1-13-4-5-14(11-17)15(10-13)19-8-6-18(7-9-19)12-16(2,3)20/h13-15,20H,4-12,17H2,1-3H3. The number of piperazine rings is 1. The molecule has 20 heavy (non-hydrogen) atoms. The van der Waals surface area contributed by atoms with Gasteiger partial charge in [0, 0.05) is 38.8 Å². The Morgan fingerprint density at radius 3 is 2.35 bits per heavy atom. The molecule has 4 heteroatoms. The molecule has 1 aliphatic heterocycles. The first-order valence-electron chi connectivity index (χ1n) is 8.28. The van der Waals surface area contributed by atoms with Gasteiger partial charge in [0.15, 0.2) is 0 Å². The minimum absolute atomic E-state index is 0.582. The zero-order chi connectivity index (χ0) is 14.8. The summed E-state index contributed by atoms with van der Waals surface area (Å²) in [5.74, 6) is 1.53. The van der Waals surface area contributed by atoms with Gasteiger partial charge in [0.25, 0.3) is 0 Å². The topological polar surface area (TPSA) is 52.7 Å². The molecule has 3 atom stereocenters. The monoisotopic (exact) mass is 283 g/mol. The fourth-order valence-corrected chi connectivity index (χ4v) is 3.94. The number of nitrogens with zero attached hydrogens (tertiary/aromatic N) is 2. The number of nitrogens with two attached hydrogens (primary N) is 1. The molecule has 2 aliphatic rings. The summed E-state index contributed by atoms with van der Waals surface area (Å²) in [5, 5.41) is 9.93. The third-order valence-corrected chi connectivity index (χ3v) is 5.01. The highest BCUT2D eigenvalue weighted by atomic mass is 16.3. The lowest BCUT2D eigenvalue weighted by Crippen LogP contribution is -2.56. The second kappa shape index (κ2) is 6.73. The van der Waals surface area contributed by atoms with E-state index in [0.29, 0.717) is 12.0 Å². The van der Waals surface area contributed by atoms with Crippen LogP contribution in [0, 0.1) is 11.8 Å². The van der Waals surface area contributed by atoms with Crippen LogP contribution in [-0.4, -0.2) is 65.8 Å². The summed E-state index contributed by atoms with van der Waals surface area (Å²) in [6.07, 6.45) is 3.95. The molecule has 0 aromatic rings. The minimum Gasteiger partial charge on any atom is -0.389 e. The molecule has 118 valence electrons. The van der Waals surface area contributed by atoms with Crippen molar-refractivity contribution in [3.05, 3.63) is 0 Å². The molecule has 0 bridgehead atoms. The summed E-state index contributed by atoms with van der Waals surface area (Å²) < 4.78 is 0. The summed E-state index contributed by atoms with van der Waals surface area (Å²) in [7, 11) is 0. The summed E-state index contributed by atoms with van der Waals surface area (Å²) in [6.45, 7) is 12.2. The van der Waals surface area contributed by atoms with Gasteiger partial charge in [0.1, 0.15) is 0 Å². The molecule has 1 saturated heterocycles. The Bertz CT molecular complexity index is 295. The van der Waals surface area contributed by atoms with Crippen LogP contribution >= 0.6 is 0 Å². The molecule has 1 heterocycles. The quantitative estimate of drug-likeness (QED) is 0.812. The van der Waals surface area contributed by atoms with Crippen molar-refractivity contribution >= 4 is 0 Å². The summed E-state index contributed by atoms with van der Waals surface area (Å²) in [4.78, 5) is 5.05. The average molecular weight is 283 g/mol. The van der Waals surface area contributed by atoms with Gasteiger partial charge >= 0.3 is 0 Å². The molecule has 0 amide bonds. The van der Waals surface area contributed by atoms with Crippen LogP contribution in [0.1, 0.15) is 40.0 Å². The van der Waals surface area contributed by atoms with E-state index in [4.69, 9.17) is 5.73 Å². The van der Waals surface area contributed by atoms with Crippen molar-refractivity contribution in [3.8, 4) is 0 Å². The fraction of sp³-hybridized carbons (Fsp3) is 1.00. The molecule has 3 N–H and O–H groups in total. The van der Waals surface area contributed by atoms with Crippen molar-refractivity contribution in [1.82, 2.24) is 9.80 Å². The van der Waals surface area contributed by atoms with E-state index in [-0.39, 0.29) is 0 Å². The second-order valence-electron chi connectivity index (χ2n) is 7.61. The normalized spacial score (nSPS) is 34.4.